The maximum Gasteiger partial charge on any atom is 0.242 e. The van der Waals surface area contributed by atoms with E-state index in [1.54, 1.807) is 0 Å². The van der Waals surface area contributed by atoms with Crippen LogP contribution >= 0.6 is 0 Å². The second kappa shape index (κ2) is 8.47. The number of hydrogen-bond acceptors (Lipinski definition) is 4. The molecule has 3 rings (SSSR count). The molecular weight excluding hydrogens is 318 g/mol. The molecule has 0 bridgehead atoms. The van der Waals surface area contributed by atoms with Crippen LogP contribution in [0.15, 0.2) is 12.4 Å². The van der Waals surface area contributed by atoms with Crippen molar-refractivity contribution in [2.75, 3.05) is 26.2 Å². The summed E-state index contributed by atoms with van der Waals surface area (Å²) in [5.74, 6) is 0.448. The highest BCUT2D eigenvalue weighted by atomic mass is 16.2. The number of piperidine rings is 1. The van der Waals surface area contributed by atoms with E-state index in [1.165, 1.54) is 5.56 Å². The summed E-state index contributed by atoms with van der Waals surface area (Å²) >= 11 is 0. The molecule has 1 aromatic heterocycles. The van der Waals surface area contributed by atoms with E-state index in [2.05, 4.69) is 33.8 Å². The van der Waals surface area contributed by atoms with Gasteiger partial charge in [-0.1, -0.05) is 0 Å². The Kier molecular flexibility index (Phi) is 6.07. The highest BCUT2D eigenvalue weighted by Gasteiger charge is 2.26. The minimum absolute atomic E-state index is 0.0423. The zero-order valence-electron chi connectivity index (χ0n) is 15.0. The van der Waals surface area contributed by atoms with Crippen molar-refractivity contribution in [3.05, 3.63) is 18.0 Å². The number of aryl methyl sites for hydroxylation is 1. The summed E-state index contributed by atoms with van der Waals surface area (Å²) < 4.78 is 1.97. The molecule has 1 aromatic rings. The van der Waals surface area contributed by atoms with E-state index in [0.29, 0.717) is 19.0 Å². The first-order chi connectivity index (χ1) is 12.2. The van der Waals surface area contributed by atoms with Crippen LogP contribution in [0.3, 0.4) is 0 Å². The Morgan fingerprint density at radius 2 is 2.12 bits per heavy atom. The number of carbonyl (C=O) groups excluding carboxylic acids is 2. The quantitative estimate of drug-likeness (QED) is 0.828. The van der Waals surface area contributed by atoms with Crippen molar-refractivity contribution >= 4 is 11.8 Å². The van der Waals surface area contributed by atoms with Gasteiger partial charge in [-0.05, 0) is 63.6 Å². The largest absolute Gasteiger partial charge is 0.354 e. The molecule has 0 aromatic carbocycles. The lowest BCUT2D eigenvalue weighted by molar-refractivity contribution is -0.129. The van der Waals surface area contributed by atoms with Crippen LogP contribution in [0, 0.1) is 0 Å². The lowest BCUT2D eigenvalue weighted by Crippen LogP contribution is -2.49. The van der Waals surface area contributed by atoms with E-state index in [-0.39, 0.29) is 17.9 Å². The van der Waals surface area contributed by atoms with Crippen LogP contribution in [-0.2, 0) is 16.1 Å². The van der Waals surface area contributed by atoms with Crippen molar-refractivity contribution in [3.8, 4) is 0 Å². The third-order valence-electron chi connectivity index (χ3n) is 5.27. The van der Waals surface area contributed by atoms with Crippen molar-refractivity contribution in [1.29, 1.82) is 0 Å². The maximum absolute atomic E-state index is 12.3. The number of nitrogens with one attached hydrogen (secondary N) is 2. The fraction of sp³-hybridized carbons (Fsp3) is 0.722. The normalized spacial score (nSPS) is 23.1. The lowest BCUT2D eigenvalue weighted by Gasteiger charge is -2.31. The highest BCUT2D eigenvalue weighted by Crippen LogP contribution is 2.27. The van der Waals surface area contributed by atoms with E-state index < -0.39 is 0 Å². The summed E-state index contributed by atoms with van der Waals surface area (Å²) in [4.78, 5) is 26.4. The number of aromatic nitrogens is 2. The van der Waals surface area contributed by atoms with E-state index >= 15 is 0 Å². The van der Waals surface area contributed by atoms with Gasteiger partial charge in [-0.15, -0.1) is 0 Å². The van der Waals surface area contributed by atoms with Gasteiger partial charge >= 0.3 is 0 Å². The van der Waals surface area contributed by atoms with Crippen LogP contribution in [0.1, 0.15) is 50.5 Å². The predicted molar refractivity (Wildman–Crippen MR) is 95.1 cm³/mol. The third kappa shape index (κ3) is 4.81. The molecule has 25 heavy (non-hydrogen) atoms. The number of hydrogen-bond donors (Lipinski definition) is 2. The predicted octanol–water partition coefficient (Wildman–Crippen LogP) is 0.867. The molecular formula is C18H29N5O2. The van der Waals surface area contributed by atoms with Crippen molar-refractivity contribution < 1.29 is 9.59 Å². The van der Waals surface area contributed by atoms with Crippen LogP contribution in [0.2, 0.25) is 0 Å². The van der Waals surface area contributed by atoms with Crippen LogP contribution in [0.5, 0.6) is 0 Å². The number of carbonyl (C=O) groups is 2. The number of nitrogens with zero attached hydrogens (tertiary/aromatic N) is 3. The fourth-order valence-corrected chi connectivity index (χ4v) is 3.71. The Morgan fingerprint density at radius 1 is 1.32 bits per heavy atom. The SMILES string of the molecule is CCn1cc(C2CCN(CC(=O)NC3CCCCNC3=O)CC2)cn1. The molecule has 7 nitrogen and oxygen atoms in total. The van der Waals surface area contributed by atoms with Crippen LogP contribution < -0.4 is 10.6 Å². The molecule has 0 aliphatic carbocycles. The van der Waals surface area contributed by atoms with Crippen molar-refractivity contribution in [2.24, 2.45) is 0 Å². The summed E-state index contributed by atoms with van der Waals surface area (Å²) in [6.45, 7) is 5.90. The maximum atomic E-state index is 12.3. The Labute approximate surface area is 149 Å². The third-order valence-corrected chi connectivity index (χ3v) is 5.27. The lowest BCUT2D eigenvalue weighted by atomic mass is 9.91. The number of amides is 2. The van der Waals surface area contributed by atoms with Gasteiger partial charge in [0.2, 0.25) is 11.8 Å². The monoisotopic (exact) mass is 347 g/mol. The molecule has 0 saturated carbocycles. The van der Waals surface area contributed by atoms with Gasteiger partial charge in [0.1, 0.15) is 6.04 Å². The van der Waals surface area contributed by atoms with Gasteiger partial charge in [-0.2, -0.15) is 5.10 Å². The Balaban J connectivity index is 1.43. The average molecular weight is 347 g/mol. The fourth-order valence-electron chi connectivity index (χ4n) is 3.71. The molecule has 2 amide bonds. The molecule has 0 radical (unpaired) electrons. The summed E-state index contributed by atoms with van der Waals surface area (Å²) in [5, 5.41) is 10.1. The van der Waals surface area contributed by atoms with Gasteiger partial charge in [0.05, 0.1) is 12.7 Å². The zero-order valence-corrected chi connectivity index (χ0v) is 15.0. The first-order valence-corrected chi connectivity index (χ1v) is 9.47. The first-order valence-electron chi connectivity index (χ1n) is 9.47. The van der Waals surface area contributed by atoms with E-state index in [9.17, 15) is 9.59 Å². The average Bonchev–Trinajstić information content (AvgIpc) is 3.01. The highest BCUT2D eigenvalue weighted by molar-refractivity contribution is 5.88. The van der Waals surface area contributed by atoms with Gasteiger partial charge in [0, 0.05) is 19.3 Å². The van der Waals surface area contributed by atoms with Crippen LogP contribution in [0.25, 0.3) is 0 Å². The Bertz CT molecular complexity index is 592. The molecule has 0 spiro atoms. The molecule has 2 N–H and O–H groups in total. The Hall–Kier alpha value is -1.89. The van der Waals surface area contributed by atoms with Crippen LogP contribution in [-0.4, -0.2) is 58.7 Å². The minimum atomic E-state index is -0.368. The van der Waals surface area contributed by atoms with Crippen molar-refractivity contribution in [3.63, 3.8) is 0 Å². The number of rotatable bonds is 5. The number of likely N-dealkylation sites (tertiary alicyclic amines) is 1. The summed E-state index contributed by atoms with van der Waals surface area (Å²) in [6, 6.07) is -0.368. The summed E-state index contributed by atoms with van der Waals surface area (Å²) in [5.41, 5.74) is 1.31. The molecule has 3 heterocycles. The molecule has 1 unspecified atom stereocenters. The molecule has 2 fully saturated rings. The topological polar surface area (TPSA) is 79.3 Å². The Morgan fingerprint density at radius 3 is 2.84 bits per heavy atom. The summed E-state index contributed by atoms with van der Waals surface area (Å²) in [7, 11) is 0. The van der Waals surface area contributed by atoms with E-state index in [4.69, 9.17) is 0 Å². The van der Waals surface area contributed by atoms with E-state index in [1.807, 2.05) is 10.9 Å². The smallest absolute Gasteiger partial charge is 0.242 e. The molecule has 2 saturated heterocycles. The summed E-state index contributed by atoms with van der Waals surface area (Å²) in [6.07, 6.45) is 8.90. The second-order valence-corrected chi connectivity index (χ2v) is 7.09. The van der Waals surface area contributed by atoms with Gasteiger partial charge in [0.25, 0.3) is 0 Å². The molecule has 7 heteroatoms. The zero-order chi connectivity index (χ0) is 17.6. The molecule has 2 aliphatic heterocycles. The second-order valence-electron chi connectivity index (χ2n) is 7.09. The standard InChI is InChI=1S/C18H29N5O2/c1-2-23-12-15(11-20-23)14-6-9-22(10-7-14)13-17(24)21-16-5-3-4-8-19-18(16)25/h11-12,14,16H,2-10,13H2,1H3,(H,19,25)(H,21,24). The molecule has 2 aliphatic rings. The van der Waals surface area contributed by atoms with Crippen molar-refractivity contribution in [2.45, 2.75) is 57.5 Å². The molecule has 1 atom stereocenters. The van der Waals surface area contributed by atoms with Gasteiger partial charge < -0.3 is 10.6 Å². The van der Waals surface area contributed by atoms with Crippen molar-refractivity contribution in [1.82, 2.24) is 25.3 Å². The van der Waals surface area contributed by atoms with E-state index in [0.717, 1.165) is 51.7 Å². The van der Waals surface area contributed by atoms with Gasteiger partial charge in [-0.3, -0.25) is 19.2 Å². The van der Waals surface area contributed by atoms with Gasteiger partial charge in [-0.25, -0.2) is 0 Å². The van der Waals surface area contributed by atoms with Gasteiger partial charge in [0.15, 0.2) is 0 Å². The minimum Gasteiger partial charge on any atom is -0.354 e. The van der Waals surface area contributed by atoms with Crippen LogP contribution in [0.4, 0.5) is 0 Å². The first kappa shape index (κ1) is 17.9. The molecule has 138 valence electrons.